The Morgan fingerprint density at radius 3 is 2.56 bits per heavy atom. The smallest absolute Gasteiger partial charge is 0.191 e. The molecule has 2 heterocycles. The van der Waals surface area contributed by atoms with E-state index in [-0.39, 0.29) is 5.54 Å². The normalized spacial score (nSPS) is 28.1. The molecule has 0 radical (unpaired) electrons. The summed E-state index contributed by atoms with van der Waals surface area (Å²) in [7, 11) is 2.24. The number of hydrogen-bond acceptors (Lipinski definition) is 4. The van der Waals surface area contributed by atoms with E-state index >= 15 is 0 Å². The average Bonchev–Trinajstić information content (AvgIpc) is 2.71. The minimum absolute atomic E-state index is 0.245. The summed E-state index contributed by atoms with van der Waals surface area (Å²) in [5.74, 6) is 1.74. The van der Waals surface area contributed by atoms with E-state index in [1.807, 2.05) is 0 Å². The number of guanidine groups is 1. The van der Waals surface area contributed by atoms with Crippen molar-refractivity contribution in [3.05, 3.63) is 0 Å². The van der Waals surface area contributed by atoms with Crippen LogP contribution in [0.3, 0.4) is 0 Å². The number of hydrogen-bond donors (Lipinski definition) is 2. The lowest BCUT2D eigenvalue weighted by Gasteiger charge is -2.47. The molecule has 1 aliphatic carbocycles. The number of piperidine rings is 1. The Labute approximate surface area is 166 Å². The maximum Gasteiger partial charge on any atom is 0.191 e. The highest BCUT2D eigenvalue weighted by molar-refractivity contribution is 5.79. The summed E-state index contributed by atoms with van der Waals surface area (Å²) in [6.07, 6.45) is 9.26. The van der Waals surface area contributed by atoms with Crippen molar-refractivity contribution in [3.63, 3.8) is 0 Å². The summed E-state index contributed by atoms with van der Waals surface area (Å²) in [6.45, 7) is 11.3. The Hall–Kier alpha value is -0.850. The van der Waals surface area contributed by atoms with Crippen molar-refractivity contribution in [2.45, 2.75) is 57.4 Å². The van der Waals surface area contributed by atoms with Crippen LogP contribution >= 0.6 is 0 Å². The zero-order valence-corrected chi connectivity index (χ0v) is 17.6. The van der Waals surface area contributed by atoms with Crippen LogP contribution in [0.25, 0.3) is 0 Å². The van der Waals surface area contributed by atoms with E-state index < -0.39 is 0 Å². The van der Waals surface area contributed by atoms with Gasteiger partial charge in [-0.2, -0.15) is 0 Å². The lowest BCUT2D eigenvalue weighted by molar-refractivity contribution is -0.0333. The quantitative estimate of drug-likeness (QED) is 0.545. The molecule has 6 heteroatoms. The monoisotopic (exact) mass is 379 g/mol. The molecule has 0 aromatic carbocycles. The molecule has 0 aromatic heterocycles. The minimum Gasteiger partial charge on any atom is -0.379 e. The van der Waals surface area contributed by atoms with Crippen LogP contribution in [0.5, 0.6) is 0 Å². The molecule has 0 spiro atoms. The van der Waals surface area contributed by atoms with Gasteiger partial charge >= 0.3 is 0 Å². The maximum absolute atomic E-state index is 5.61. The van der Waals surface area contributed by atoms with E-state index in [1.165, 1.54) is 58.0 Å². The van der Waals surface area contributed by atoms with Crippen molar-refractivity contribution in [1.82, 2.24) is 20.4 Å². The van der Waals surface area contributed by atoms with Crippen molar-refractivity contribution < 1.29 is 4.74 Å². The van der Waals surface area contributed by atoms with E-state index in [0.717, 1.165) is 57.8 Å². The van der Waals surface area contributed by atoms with E-state index in [1.54, 1.807) is 0 Å². The average molecular weight is 380 g/mol. The molecular weight excluding hydrogens is 338 g/mol. The molecule has 1 unspecified atom stereocenters. The third-order valence-corrected chi connectivity index (χ3v) is 6.62. The molecule has 3 fully saturated rings. The van der Waals surface area contributed by atoms with E-state index in [0.29, 0.717) is 0 Å². The third kappa shape index (κ3) is 6.06. The van der Waals surface area contributed by atoms with Gasteiger partial charge in [0.1, 0.15) is 0 Å². The topological polar surface area (TPSA) is 52.1 Å². The predicted molar refractivity (Wildman–Crippen MR) is 112 cm³/mol. The summed E-state index contributed by atoms with van der Waals surface area (Å²) in [5.41, 5.74) is 0.245. The molecule has 27 heavy (non-hydrogen) atoms. The van der Waals surface area contributed by atoms with Crippen LogP contribution in [0, 0.1) is 5.92 Å². The lowest BCUT2D eigenvalue weighted by Crippen LogP contribution is -2.56. The van der Waals surface area contributed by atoms with Gasteiger partial charge in [0.05, 0.1) is 19.8 Å². The Morgan fingerprint density at radius 1 is 1.07 bits per heavy atom. The van der Waals surface area contributed by atoms with Gasteiger partial charge in [-0.05, 0) is 52.1 Å². The summed E-state index contributed by atoms with van der Waals surface area (Å²) in [4.78, 5) is 10.2. The Bertz CT molecular complexity index is 457. The van der Waals surface area contributed by atoms with Crippen molar-refractivity contribution in [2.75, 3.05) is 66.1 Å². The van der Waals surface area contributed by atoms with Crippen LogP contribution in [0.2, 0.25) is 0 Å². The molecule has 156 valence electrons. The highest BCUT2D eigenvalue weighted by Crippen LogP contribution is 2.34. The first-order valence-corrected chi connectivity index (χ1v) is 11.3. The highest BCUT2D eigenvalue weighted by atomic mass is 16.5. The van der Waals surface area contributed by atoms with Crippen LogP contribution < -0.4 is 10.6 Å². The van der Waals surface area contributed by atoms with Crippen molar-refractivity contribution in [3.8, 4) is 0 Å². The van der Waals surface area contributed by atoms with E-state index in [2.05, 4.69) is 34.4 Å². The van der Waals surface area contributed by atoms with Gasteiger partial charge in [0, 0.05) is 38.3 Å². The second kappa shape index (κ2) is 10.6. The van der Waals surface area contributed by atoms with Gasteiger partial charge in [-0.3, -0.25) is 9.89 Å². The number of nitrogens with zero attached hydrogens (tertiary/aromatic N) is 3. The summed E-state index contributed by atoms with van der Waals surface area (Å²) < 4.78 is 5.61. The third-order valence-electron chi connectivity index (χ3n) is 6.62. The molecule has 0 amide bonds. The first-order chi connectivity index (χ1) is 13.2. The molecule has 1 saturated carbocycles. The minimum atomic E-state index is 0.245. The first-order valence-electron chi connectivity index (χ1n) is 11.3. The number of morpholine rings is 1. The van der Waals surface area contributed by atoms with Crippen molar-refractivity contribution in [1.29, 1.82) is 0 Å². The number of ether oxygens (including phenoxy) is 1. The fourth-order valence-corrected chi connectivity index (χ4v) is 5.07. The number of nitrogens with one attached hydrogen (secondary N) is 2. The Kier molecular flexibility index (Phi) is 8.22. The standard InChI is InChI=1S/C21H41N5O/c1-3-22-20(23-16-19-8-7-11-25(2)17-19)24-18-21(9-5-4-6-10-21)26-12-14-27-15-13-26/h19H,3-18H2,1-2H3,(H2,22,23,24). The molecule has 6 nitrogen and oxygen atoms in total. The first kappa shape index (κ1) is 20.9. The van der Waals surface area contributed by atoms with Gasteiger partial charge in [0.25, 0.3) is 0 Å². The second-order valence-electron chi connectivity index (χ2n) is 8.73. The number of aliphatic imine (C=N–C) groups is 1. The van der Waals surface area contributed by atoms with Gasteiger partial charge in [0.15, 0.2) is 5.96 Å². The maximum atomic E-state index is 5.61. The van der Waals surface area contributed by atoms with Crippen LogP contribution in [-0.4, -0.2) is 87.4 Å². The van der Waals surface area contributed by atoms with Crippen LogP contribution in [0.4, 0.5) is 0 Å². The molecule has 0 bridgehead atoms. The van der Waals surface area contributed by atoms with Crippen molar-refractivity contribution in [2.24, 2.45) is 10.9 Å². The van der Waals surface area contributed by atoms with E-state index in [9.17, 15) is 0 Å². The number of likely N-dealkylation sites (tertiary alicyclic amines) is 1. The zero-order valence-electron chi connectivity index (χ0n) is 17.6. The largest absolute Gasteiger partial charge is 0.379 e. The van der Waals surface area contributed by atoms with Crippen LogP contribution in [0.15, 0.2) is 4.99 Å². The summed E-state index contributed by atoms with van der Waals surface area (Å²) in [6, 6.07) is 0. The fourth-order valence-electron chi connectivity index (χ4n) is 5.07. The Balaban J connectivity index is 1.60. The van der Waals surface area contributed by atoms with E-state index in [4.69, 9.17) is 9.73 Å². The summed E-state index contributed by atoms with van der Waals surface area (Å²) >= 11 is 0. The molecular formula is C21H41N5O. The molecule has 1 atom stereocenters. The molecule has 2 saturated heterocycles. The van der Waals surface area contributed by atoms with Crippen LogP contribution in [0.1, 0.15) is 51.9 Å². The lowest BCUT2D eigenvalue weighted by atomic mass is 9.80. The van der Waals surface area contributed by atoms with Crippen LogP contribution in [-0.2, 0) is 4.74 Å². The SMILES string of the molecule is CCNC(=NCC1(N2CCOCC2)CCCCC1)NCC1CCCN(C)C1. The molecule has 2 N–H and O–H groups in total. The molecule has 3 aliphatic rings. The fraction of sp³-hybridized carbons (Fsp3) is 0.952. The second-order valence-corrected chi connectivity index (χ2v) is 8.73. The van der Waals surface area contributed by atoms with Gasteiger partial charge in [-0.1, -0.05) is 19.3 Å². The van der Waals surface area contributed by atoms with Crippen molar-refractivity contribution >= 4 is 5.96 Å². The zero-order chi connectivity index (χ0) is 19.0. The molecule has 0 aromatic rings. The van der Waals surface area contributed by atoms with Gasteiger partial charge in [-0.15, -0.1) is 0 Å². The Morgan fingerprint density at radius 2 is 1.85 bits per heavy atom. The summed E-state index contributed by atoms with van der Waals surface area (Å²) in [5, 5.41) is 7.11. The molecule has 3 rings (SSSR count). The van der Waals surface area contributed by atoms with Gasteiger partial charge < -0.3 is 20.3 Å². The van der Waals surface area contributed by atoms with Gasteiger partial charge in [0.2, 0.25) is 0 Å². The number of rotatable bonds is 6. The highest BCUT2D eigenvalue weighted by Gasteiger charge is 2.38. The molecule has 2 aliphatic heterocycles. The van der Waals surface area contributed by atoms with Gasteiger partial charge in [-0.25, -0.2) is 0 Å². The predicted octanol–water partition coefficient (Wildman–Crippen LogP) is 1.92.